The number of hydrogen-bond donors (Lipinski definition) is 1. The SMILES string of the molecule is C=CCOc1cc(O)c(C(=O)OC)c(CC(=O)/C=C/[C@H](OC)[C@@H](O[Si](C)(C)C(C)(C)C)[C@H]2OC3(CCCCC3)O[C@@H]2C)c1. The van der Waals surface area contributed by atoms with Crippen LogP contribution in [0.25, 0.3) is 0 Å². The number of aromatic hydroxyl groups is 1. The van der Waals surface area contributed by atoms with Gasteiger partial charge in [-0.05, 0) is 61.7 Å². The molecule has 0 unspecified atom stereocenters. The van der Waals surface area contributed by atoms with Gasteiger partial charge < -0.3 is 33.2 Å². The summed E-state index contributed by atoms with van der Waals surface area (Å²) in [4.78, 5) is 25.8. The van der Waals surface area contributed by atoms with E-state index in [1.807, 2.05) is 6.92 Å². The number of esters is 1. The molecule has 240 valence electrons. The van der Waals surface area contributed by atoms with E-state index in [-0.39, 0.29) is 46.8 Å². The second-order valence-corrected chi connectivity index (χ2v) is 17.7. The number of methoxy groups -OCH3 is 2. The molecule has 1 N–H and O–H groups in total. The van der Waals surface area contributed by atoms with Crippen LogP contribution in [0, 0.1) is 0 Å². The molecule has 1 heterocycles. The molecule has 9 nitrogen and oxygen atoms in total. The third-order valence-corrected chi connectivity index (χ3v) is 13.2. The first-order valence-corrected chi connectivity index (χ1v) is 18.0. The van der Waals surface area contributed by atoms with Gasteiger partial charge in [0.05, 0.1) is 13.2 Å². The first kappa shape index (κ1) is 35.0. The second-order valence-electron chi connectivity index (χ2n) is 13.0. The van der Waals surface area contributed by atoms with Crippen LogP contribution in [-0.4, -0.2) is 76.2 Å². The molecule has 1 saturated heterocycles. The molecule has 0 amide bonds. The van der Waals surface area contributed by atoms with Crippen molar-refractivity contribution in [3.63, 3.8) is 0 Å². The molecule has 0 aromatic heterocycles. The topological polar surface area (TPSA) is 110 Å². The van der Waals surface area contributed by atoms with Crippen LogP contribution in [0.1, 0.15) is 75.7 Å². The Balaban J connectivity index is 1.90. The molecule has 2 aliphatic rings. The number of ketones is 1. The standard InChI is InChI=1S/C33H50O9Si/c1-10-18-39-25-20-23(28(26(35)21-25)31(36)38-7)19-24(34)14-15-27(37-6)30(42-43(8,9)32(3,4)5)29-22(2)40-33(41-29)16-12-11-13-17-33/h10,14-15,20-22,27,29-30,35H,1,11-13,16-19H2,2-9H3/b15-14+/t22-,27+,29+,30-/m1/s1. The summed E-state index contributed by atoms with van der Waals surface area (Å²) in [7, 11) is 0.501. The lowest BCUT2D eigenvalue weighted by molar-refractivity contribution is -0.202. The number of rotatable bonds is 13. The van der Waals surface area contributed by atoms with Crippen molar-refractivity contribution in [3.8, 4) is 11.5 Å². The van der Waals surface area contributed by atoms with Crippen LogP contribution in [0.2, 0.25) is 18.1 Å². The van der Waals surface area contributed by atoms with Gasteiger partial charge in [0, 0.05) is 32.4 Å². The van der Waals surface area contributed by atoms with E-state index in [4.69, 9.17) is 28.1 Å². The van der Waals surface area contributed by atoms with Crippen LogP contribution in [0.5, 0.6) is 11.5 Å². The Morgan fingerprint density at radius 1 is 1.16 bits per heavy atom. The summed E-state index contributed by atoms with van der Waals surface area (Å²) in [5, 5.41) is 10.5. The number of allylic oxidation sites excluding steroid dienone is 1. The lowest BCUT2D eigenvalue weighted by Crippen LogP contribution is -2.53. The minimum absolute atomic E-state index is 0.0702. The molecular weight excluding hydrogens is 568 g/mol. The number of ether oxygens (including phenoxy) is 5. The van der Waals surface area contributed by atoms with Gasteiger partial charge in [-0.1, -0.05) is 39.8 Å². The van der Waals surface area contributed by atoms with Gasteiger partial charge in [0.1, 0.15) is 42.0 Å². The zero-order valence-corrected chi connectivity index (χ0v) is 28.1. The summed E-state index contributed by atoms with van der Waals surface area (Å²) in [6.07, 6.45) is 7.74. The number of carbonyl (C=O) groups is 2. The lowest BCUT2D eigenvalue weighted by atomic mass is 9.94. The zero-order chi connectivity index (χ0) is 32.0. The molecule has 1 saturated carbocycles. The van der Waals surface area contributed by atoms with Crippen molar-refractivity contribution < 1.29 is 42.8 Å². The third kappa shape index (κ3) is 8.57. The first-order valence-electron chi connectivity index (χ1n) is 15.1. The van der Waals surface area contributed by atoms with E-state index in [1.165, 1.54) is 25.7 Å². The Labute approximate surface area is 257 Å². The highest BCUT2D eigenvalue weighted by atomic mass is 28.4. The molecule has 10 heteroatoms. The van der Waals surface area contributed by atoms with Crippen molar-refractivity contribution in [3.05, 3.63) is 48.1 Å². The minimum Gasteiger partial charge on any atom is -0.507 e. The molecule has 1 aliphatic carbocycles. The van der Waals surface area contributed by atoms with Gasteiger partial charge in [0.15, 0.2) is 19.9 Å². The smallest absolute Gasteiger partial charge is 0.341 e. The summed E-state index contributed by atoms with van der Waals surface area (Å²) in [5.41, 5.74) is 0.199. The van der Waals surface area contributed by atoms with Crippen LogP contribution in [-0.2, 0) is 34.6 Å². The largest absolute Gasteiger partial charge is 0.507 e. The average molecular weight is 619 g/mol. The summed E-state index contributed by atoms with van der Waals surface area (Å²) in [6, 6.07) is 2.86. The van der Waals surface area contributed by atoms with E-state index in [2.05, 4.69) is 40.4 Å². The third-order valence-electron chi connectivity index (χ3n) is 8.75. The second kappa shape index (κ2) is 14.5. The van der Waals surface area contributed by atoms with E-state index in [1.54, 1.807) is 25.3 Å². The maximum Gasteiger partial charge on any atom is 0.341 e. The molecule has 1 spiro atoms. The summed E-state index contributed by atoms with van der Waals surface area (Å²) in [6.45, 7) is 16.7. The number of benzene rings is 1. The van der Waals surface area contributed by atoms with Gasteiger partial charge in [-0.15, -0.1) is 0 Å². The molecule has 0 radical (unpaired) electrons. The van der Waals surface area contributed by atoms with Crippen molar-refractivity contribution in [2.45, 2.75) is 115 Å². The molecule has 43 heavy (non-hydrogen) atoms. The molecule has 3 rings (SSSR count). The Morgan fingerprint density at radius 3 is 2.42 bits per heavy atom. The van der Waals surface area contributed by atoms with Crippen LogP contribution in [0.3, 0.4) is 0 Å². The van der Waals surface area contributed by atoms with Crippen LogP contribution in [0.15, 0.2) is 36.9 Å². The molecule has 4 atom stereocenters. The van der Waals surface area contributed by atoms with E-state index < -0.39 is 38.4 Å². The fourth-order valence-electron chi connectivity index (χ4n) is 5.42. The number of phenolic OH excluding ortho intramolecular Hbond substituents is 1. The molecule has 0 bridgehead atoms. The Hall–Kier alpha value is -2.50. The minimum atomic E-state index is -2.30. The fraction of sp³-hybridized carbons (Fsp3) is 0.636. The predicted molar refractivity (Wildman–Crippen MR) is 167 cm³/mol. The zero-order valence-electron chi connectivity index (χ0n) is 27.1. The number of hydrogen-bond acceptors (Lipinski definition) is 9. The van der Waals surface area contributed by atoms with E-state index in [0.717, 1.165) is 25.7 Å². The van der Waals surface area contributed by atoms with E-state index >= 15 is 0 Å². The summed E-state index contributed by atoms with van der Waals surface area (Å²) < 4.78 is 36.5. The van der Waals surface area contributed by atoms with Crippen molar-refractivity contribution in [2.75, 3.05) is 20.8 Å². The molecule has 1 aromatic carbocycles. The predicted octanol–water partition coefficient (Wildman–Crippen LogP) is 6.28. The number of phenols is 1. The van der Waals surface area contributed by atoms with Crippen LogP contribution >= 0.6 is 0 Å². The number of carbonyl (C=O) groups excluding carboxylic acids is 2. The van der Waals surface area contributed by atoms with Gasteiger partial charge in [-0.25, -0.2) is 4.79 Å². The summed E-state index contributed by atoms with van der Waals surface area (Å²) >= 11 is 0. The average Bonchev–Trinajstić information content (AvgIpc) is 3.25. The van der Waals surface area contributed by atoms with Crippen LogP contribution < -0.4 is 4.74 Å². The first-order chi connectivity index (χ1) is 20.2. The quantitative estimate of drug-likeness (QED) is 0.118. The summed E-state index contributed by atoms with van der Waals surface area (Å²) in [5.74, 6) is -1.69. The van der Waals surface area contributed by atoms with Crippen molar-refractivity contribution >= 4 is 20.1 Å². The molecule has 1 aromatic rings. The highest BCUT2D eigenvalue weighted by Crippen LogP contribution is 2.44. The highest BCUT2D eigenvalue weighted by Gasteiger charge is 2.52. The Morgan fingerprint density at radius 2 is 1.84 bits per heavy atom. The van der Waals surface area contributed by atoms with Crippen molar-refractivity contribution in [2.24, 2.45) is 0 Å². The lowest BCUT2D eigenvalue weighted by Gasteiger charge is -2.43. The van der Waals surface area contributed by atoms with Gasteiger partial charge in [-0.2, -0.15) is 0 Å². The molecule has 2 fully saturated rings. The van der Waals surface area contributed by atoms with Gasteiger partial charge in [-0.3, -0.25) is 4.79 Å². The van der Waals surface area contributed by atoms with Crippen LogP contribution in [0.4, 0.5) is 0 Å². The monoisotopic (exact) mass is 618 g/mol. The van der Waals surface area contributed by atoms with Gasteiger partial charge in [0.2, 0.25) is 0 Å². The Bertz CT molecular complexity index is 1160. The van der Waals surface area contributed by atoms with E-state index in [0.29, 0.717) is 5.75 Å². The Kier molecular flexibility index (Phi) is 11.8. The van der Waals surface area contributed by atoms with Gasteiger partial charge >= 0.3 is 5.97 Å². The normalized spacial score (nSPS) is 22.0. The van der Waals surface area contributed by atoms with Crippen molar-refractivity contribution in [1.82, 2.24) is 0 Å². The highest BCUT2D eigenvalue weighted by molar-refractivity contribution is 6.74. The van der Waals surface area contributed by atoms with Gasteiger partial charge in [0.25, 0.3) is 0 Å². The van der Waals surface area contributed by atoms with Crippen molar-refractivity contribution in [1.29, 1.82) is 0 Å². The maximum absolute atomic E-state index is 13.3. The molecule has 1 aliphatic heterocycles. The maximum atomic E-state index is 13.3. The molecular formula is C33H50O9Si. The van der Waals surface area contributed by atoms with E-state index in [9.17, 15) is 14.7 Å². The fourth-order valence-corrected chi connectivity index (χ4v) is 6.72.